The van der Waals surface area contributed by atoms with Crippen molar-refractivity contribution in [3.05, 3.63) is 24.0 Å². The van der Waals surface area contributed by atoms with Gasteiger partial charge in [-0.25, -0.2) is 4.39 Å². The van der Waals surface area contributed by atoms with Crippen LogP contribution in [-0.4, -0.2) is 18.5 Å². The molecule has 1 heterocycles. The van der Waals surface area contributed by atoms with Crippen molar-refractivity contribution in [2.45, 2.75) is 4.90 Å². The standard InChI is InChI=1S/C11H11FN2O2S/c1-15-8-4-3-6(10(12)11(8)17-2)7-5-9(13)16-14-7/h3-5H,13H2,1-2H3. The maximum absolute atomic E-state index is 14.2. The molecule has 0 fully saturated rings. The van der Waals surface area contributed by atoms with Crippen LogP contribution in [0, 0.1) is 5.82 Å². The Hall–Kier alpha value is -1.69. The second kappa shape index (κ2) is 4.67. The molecule has 0 amide bonds. The normalized spacial score (nSPS) is 10.5. The SMILES string of the molecule is COc1ccc(-c2cc(N)on2)c(F)c1SC. The molecule has 1 aromatic carbocycles. The smallest absolute Gasteiger partial charge is 0.222 e. The number of benzene rings is 1. The number of aromatic nitrogens is 1. The summed E-state index contributed by atoms with van der Waals surface area (Å²) in [5.41, 5.74) is 6.13. The van der Waals surface area contributed by atoms with Crippen LogP contribution < -0.4 is 10.5 Å². The first kappa shape index (κ1) is 11.8. The van der Waals surface area contributed by atoms with Gasteiger partial charge in [0.1, 0.15) is 17.3 Å². The van der Waals surface area contributed by atoms with E-state index in [1.54, 1.807) is 18.4 Å². The van der Waals surface area contributed by atoms with Crippen molar-refractivity contribution in [1.82, 2.24) is 5.16 Å². The Morgan fingerprint density at radius 1 is 1.47 bits per heavy atom. The minimum absolute atomic E-state index is 0.154. The molecule has 17 heavy (non-hydrogen) atoms. The van der Waals surface area contributed by atoms with Gasteiger partial charge in [0.25, 0.3) is 0 Å². The summed E-state index contributed by atoms with van der Waals surface area (Å²) >= 11 is 1.27. The molecule has 0 saturated carbocycles. The van der Waals surface area contributed by atoms with Gasteiger partial charge in [-0.1, -0.05) is 5.16 Å². The third kappa shape index (κ3) is 2.08. The lowest BCUT2D eigenvalue weighted by Crippen LogP contribution is -1.93. The van der Waals surface area contributed by atoms with Crippen LogP contribution in [0.1, 0.15) is 0 Å². The Kier molecular flexibility index (Phi) is 3.23. The van der Waals surface area contributed by atoms with Gasteiger partial charge in [-0.3, -0.25) is 0 Å². The maximum atomic E-state index is 14.2. The quantitative estimate of drug-likeness (QED) is 0.853. The second-order valence-corrected chi connectivity index (χ2v) is 4.09. The molecule has 0 unspecified atom stereocenters. The fraction of sp³-hybridized carbons (Fsp3) is 0.182. The summed E-state index contributed by atoms with van der Waals surface area (Å²) in [6.07, 6.45) is 1.78. The van der Waals surface area contributed by atoms with Crippen LogP contribution in [0.4, 0.5) is 10.3 Å². The van der Waals surface area contributed by atoms with Crippen LogP contribution in [0.25, 0.3) is 11.3 Å². The average molecular weight is 254 g/mol. The molecule has 0 saturated heterocycles. The third-order valence-electron chi connectivity index (χ3n) is 2.29. The average Bonchev–Trinajstić information content (AvgIpc) is 2.75. The molecule has 4 nitrogen and oxygen atoms in total. The summed E-state index contributed by atoms with van der Waals surface area (Å²) in [7, 11) is 1.50. The molecule has 0 aliphatic carbocycles. The number of halogens is 1. The molecule has 6 heteroatoms. The fourth-order valence-corrected chi connectivity index (χ4v) is 2.15. The van der Waals surface area contributed by atoms with Crippen LogP contribution in [0.15, 0.2) is 27.6 Å². The van der Waals surface area contributed by atoms with Crippen LogP contribution in [0.3, 0.4) is 0 Å². The first-order valence-corrected chi connectivity index (χ1v) is 6.03. The predicted molar refractivity (Wildman–Crippen MR) is 64.6 cm³/mol. The van der Waals surface area contributed by atoms with E-state index in [-0.39, 0.29) is 11.7 Å². The molecule has 0 atom stereocenters. The highest BCUT2D eigenvalue weighted by Crippen LogP contribution is 2.36. The first-order valence-electron chi connectivity index (χ1n) is 4.80. The molecule has 90 valence electrons. The predicted octanol–water partition coefficient (Wildman–Crippen LogP) is 2.79. The number of ether oxygens (including phenoxy) is 1. The number of nitrogens with zero attached hydrogens (tertiary/aromatic N) is 1. The van der Waals surface area contributed by atoms with Crippen molar-refractivity contribution in [1.29, 1.82) is 0 Å². The zero-order valence-electron chi connectivity index (χ0n) is 9.36. The molecule has 2 aromatic rings. The van der Waals surface area contributed by atoms with Gasteiger partial charge in [-0.15, -0.1) is 11.8 Å². The van der Waals surface area contributed by atoms with E-state index in [9.17, 15) is 4.39 Å². The summed E-state index contributed by atoms with van der Waals surface area (Å²) < 4.78 is 24.0. The van der Waals surface area contributed by atoms with Crippen LogP contribution >= 0.6 is 11.8 Å². The number of nitrogens with two attached hydrogens (primary N) is 1. The molecule has 0 aliphatic rings. The highest BCUT2D eigenvalue weighted by Gasteiger charge is 2.16. The monoisotopic (exact) mass is 254 g/mol. The van der Waals surface area contributed by atoms with E-state index in [1.165, 1.54) is 24.9 Å². The second-order valence-electron chi connectivity index (χ2n) is 3.28. The van der Waals surface area contributed by atoms with Crippen molar-refractivity contribution in [3.63, 3.8) is 0 Å². The van der Waals surface area contributed by atoms with Crippen molar-refractivity contribution < 1.29 is 13.7 Å². The maximum Gasteiger partial charge on any atom is 0.222 e. The number of hydrogen-bond acceptors (Lipinski definition) is 5. The zero-order valence-corrected chi connectivity index (χ0v) is 10.2. The van der Waals surface area contributed by atoms with E-state index < -0.39 is 0 Å². The van der Waals surface area contributed by atoms with Crippen LogP contribution in [-0.2, 0) is 0 Å². The zero-order chi connectivity index (χ0) is 12.4. The molecule has 0 spiro atoms. The van der Waals surface area contributed by atoms with Gasteiger partial charge >= 0.3 is 0 Å². The molecule has 0 radical (unpaired) electrons. The van der Waals surface area contributed by atoms with Crippen molar-refractivity contribution in [3.8, 4) is 17.0 Å². The minimum atomic E-state index is -0.384. The third-order valence-corrected chi connectivity index (χ3v) is 3.08. The number of methoxy groups -OCH3 is 1. The van der Waals surface area contributed by atoms with Crippen molar-refractivity contribution in [2.75, 3.05) is 19.1 Å². The van der Waals surface area contributed by atoms with Gasteiger partial charge in [-0.05, 0) is 18.4 Å². The van der Waals surface area contributed by atoms with Crippen molar-refractivity contribution >= 4 is 17.6 Å². The van der Waals surface area contributed by atoms with Gasteiger partial charge < -0.3 is 15.0 Å². The lowest BCUT2D eigenvalue weighted by atomic mass is 10.1. The van der Waals surface area contributed by atoms with Gasteiger partial charge in [0.05, 0.1) is 12.0 Å². The van der Waals surface area contributed by atoms with Gasteiger partial charge in [0, 0.05) is 11.6 Å². The molecule has 2 rings (SSSR count). The molecular weight excluding hydrogens is 243 g/mol. The van der Waals surface area contributed by atoms with E-state index in [0.29, 0.717) is 21.9 Å². The van der Waals surface area contributed by atoms with Gasteiger partial charge in [0.15, 0.2) is 0 Å². The summed E-state index contributed by atoms with van der Waals surface area (Å²) in [5, 5.41) is 3.69. The van der Waals surface area contributed by atoms with E-state index in [1.807, 2.05) is 0 Å². The Labute approximate surface area is 102 Å². The number of thioether (sulfide) groups is 1. The Morgan fingerprint density at radius 2 is 2.24 bits per heavy atom. The molecule has 1 aromatic heterocycles. The summed E-state index contributed by atoms with van der Waals surface area (Å²) in [5.74, 6) is 0.265. The molecule has 0 aliphatic heterocycles. The Bertz CT molecular complexity index is 542. The van der Waals surface area contributed by atoms with Gasteiger partial charge in [-0.2, -0.15) is 0 Å². The molecule has 0 bridgehead atoms. The molecule has 2 N–H and O–H groups in total. The van der Waals surface area contributed by atoms with E-state index in [4.69, 9.17) is 15.0 Å². The fourth-order valence-electron chi connectivity index (χ4n) is 1.50. The number of anilines is 1. The first-order chi connectivity index (χ1) is 8.17. The topological polar surface area (TPSA) is 61.3 Å². The highest BCUT2D eigenvalue weighted by molar-refractivity contribution is 7.98. The number of rotatable bonds is 3. The van der Waals surface area contributed by atoms with E-state index in [2.05, 4.69) is 5.16 Å². The number of nitrogen functional groups attached to an aromatic ring is 1. The Morgan fingerprint density at radius 3 is 2.76 bits per heavy atom. The summed E-state index contributed by atoms with van der Waals surface area (Å²) in [4.78, 5) is 0.437. The van der Waals surface area contributed by atoms with Crippen LogP contribution in [0.5, 0.6) is 5.75 Å². The van der Waals surface area contributed by atoms with Crippen LogP contribution in [0.2, 0.25) is 0 Å². The van der Waals surface area contributed by atoms with E-state index >= 15 is 0 Å². The van der Waals surface area contributed by atoms with Gasteiger partial charge in [0.2, 0.25) is 5.88 Å². The van der Waals surface area contributed by atoms with E-state index in [0.717, 1.165) is 0 Å². The Balaban J connectivity index is 2.56. The summed E-state index contributed by atoms with van der Waals surface area (Å²) in [6.45, 7) is 0. The lowest BCUT2D eigenvalue weighted by Gasteiger charge is -2.09. The summed E-state index contributed by atoms with van der Waals surface area (Å²) in [6, 6.07) is 4.76. The number of hydrogen-bond donors (Lipinski definition) is 1. The molecular formula is C11H11FN2O2S. The highest BCUT2D eigenvalue weighted by atomic mass is 32.2. The van der Waals surface area contributed by atoms with Crippen molar-refractivity contribution in [2.24, 2.45) is 0 Å². The minimum Gasteiger partial charge on any atom is -0.495 e. The largest absolute Gasteiger partial charge is 0.495 e. The lowest BCUT2D eigenvalue weighted by molar-refractivity contribution is 0.397.